The van der Waals surface area contributed by atoms with Gasteiger partial charge in [0, 0.05) is 28.3 Å². The van der Waals surface area contributed by atoms with Crippen molar-refractivity contribution in [2.24, 2.45) is 5.73 Å². The summed E-state index contributed by atoms with van der Waals surface area (Å²) in [6, 6.07) is 6.10. The number of nitrogens with one attached hydrogen (secondary N) is 1. The van der Waals surface area contributed by atoms with Gasteiger partial charge in [-0.2, -0.15) is 35.8 Å². The van der Waals surface area contributed by atoms with E-state index in [-0.39, 0.29) is 34.2 Å². The van der Waals surface area contributed by atoms with Crippen molar-refractivity contribution < 1.29 is 64.4 Å². The summed E-state index contributed by atoms with van der Waals surface area (Å²) in [4.78, 5) is 29.8. The largest absolute Gasteiger partial charge is 0.507 e. The lowest BCUT2D eigenvalue weighted by atomic mass is 9.81. The Morgan fingerprint density at radius 1 is 1.08 bits per heavy atom. The molecule has 51 heavy (non-hydrogen) atoms. The van der Waals surface area contributed by atoms with Crippen molar-refractivity contribution in [2.45, 2.75) is 55.2 Å². The molecular formula is C32H26F7N5O7. The van der Waals surface area contributed by atoms with E-state index in [0.717, 1.165) is 37.1 Å². The maximum Gasteiger partial charge on any atom is 0.507 e. The number of primary amides is 1. The van der Waals surface area contributed by atoms with E-state index >= 15 is 0 Å². The minimum absolute atomic E-state index is 0.116. The van der Waals surface area contributed by atoms with Crippen LogP contribution >= 0.6 is 0 Å². The van der Waals surface area contributed by atoms with Crippen LogP contribution in [0, 0.1) is 0 Å². The Morgan fingerprint density at radius 3 is 2.39 bits per heavy atom. The number of aliphatic hydroxyl groups is 1. The molecule has 2 amide bonds. The van der Waals surface area contributed by atoms with Gasteiger partial charge in [-0.3, -0.25) is 14.3 Å². The molecule has 1 aliphatic carbocycles. The van der Waals surface area contributed by atoms with Crippen molar-refractivity contribution in [3.05, 3.63) is 59.4 Å². The molecule has 1 saturated carbocycles. The number of methoxy groups -OCH3 is 1. The third-order valence-electron chi connectivity index (χ3n) is 9.04. The number of alkyl halides is 7. The van der Waals surface area contributed by atoms with Gasteiger partial charge in [-0.1, -0.05) is 0 Å². The van der Waals surface area contributed by atoms with Crippen LogP contribution in [-0.4, -0.2) is 70.3 Å². The molecule has 2 atom stereocenters. The van der Waals surface area contributed by atoms with Crippen LogP contribution in [0.1, 0.15) is 47.4 Å². The zero-order valence-electron chi connectivity index (χ0n) is 26.4. The first-order chi connectivity index (χ1) is 23.8. The molecule has 1 fully saturated rings. The van der Waals surface area contributed by atoms with Gasteiger partial charge in [0.25, 0.3) is 5.91 Å². The molecule has 0 unspecified atom stereocenters. The molecule has 19 heteroatoms. The Morgan fingerprint density at radius 2 is 1.76 bits per heavy atom. The first-order valence-corrected chi connectivity index (χ1v) is 15.2. The quantitative estimate of drug-likeness (QED) is 0.219. The topological polar surface area (TPSA) is 160 Å². The van der Waals surface area contributed by atoms with Crippen LogP contribution in [0.4, 0.5) is 30.7 Å². The van der Waals surface area contributed by atoms with Crippen LogP contribution in [0.5, 0.6) is 23.0 Å². The number of aromatic nitrogens is 3. The maximum atomic E-state index is 14.9. The molecule has 2 aromatic heterocycles. The molecule has 270 valence electrons. The number of pyridine rings is 1. The van der Waals surface area contributed by atoms with Crippen LogP contribution in [0.25, 0.3) is 22.2 Å². The maximum absolute atomic E-state index is 14.9. The number of halogens is 7. The normalized spacial score (nSPS) is 21.4. The van der Waals surface area contributed by atoms with Gasteiger partial charge < -0.3 is 35.1 Å². The summed E-state index contributed by atoms with van der Waals surface area (Å²) in [5.74, 6) is -3.95. The van der Waals surface area contributed by atoms with E-state index in [1.165, 1.54) is 26.2 Å². The molecule has 0 saturated heterocycles. The minimum Gasteiger partial charge on any atom is -0.494 e. The molecule has 4 heterocycles. The molecule has 7 rings (SSSR count). The van der Waals surface area contributed by atoms with Crippen molar-refractivity contribution in [1.29, 1.82) is 0 Å². The number of fused-ring (bicyclic) bond motifs is 3. The van der Waals surface area contributed by atoms with Crippen LogP contribution < -0.4 is 30.0 Å². The van der Waals surface area contributed by atoms with Gasteiger partial charge >= 0.3 is 18.4 Å². The first kappa shape index (κ1) is 34.1. The van der Waals surface area contributed by atoms with Crippen molar-refractivity contribution in [2.75, 3.05) is 20.3 Å². The molecule has 4 aromatic rings. The Bertz CT molecular complexity index is 2120. The minimum atomic E-state index is -5.53. The second-order valence-corrected chi connectivity index (χ2v) is 12.6. The van der Waals surface area contributed by atoms with E-state index in [1.54, 1.807) is 10.9 Å². The standard InChI is InChI=1S/C32H26F7N5O7/c1-28(27(40)46)13-49-25-18(28)10-22(42-24(25)14-3-6-19-20(8-14)51-32(38,39)31(36,37)50-19)29(47,30(33,34)35)12-41-26(45)15-7-16-11-44(17-4-5-17)43-23(16)21(9-15)48-2/h3,6-11,17,47H,4-5,12-13H2,1-2H3,(H2,40,46)(H,41,45)/t28-,29-/m0/s1. The van der Waals surface area contributed by atoms with Crippen LogP contribution in [-0.2, 0) is 15.8 Å². The summed E-state index contributed by atoms with van der Waals surface area (Å²) >= 11 is 0. The summed E-state index contributed by atoms with van der Waals surface area (Å²) < 4.78 is 121. The second kappa shape index (κ2) is 11.1. The lowest BCUT2D eigenvalue weighted by molar-refractivity contribution is -0.391. The number of nitrogens with zero attached hydrogens (tertiary/aromatic N) is 3. The number of nitrogens with two attached hydrogens (primary N) is 1. The van der Waals surface area contributed by atoms with Crippen LogP contribution in [0.15, 0.2) is 42.6 Å². The number of amides is 2. The van der Waals surface area contributed by atoms with E-state index in [1.807, 2.05) is 0 Å². The molecule has 2 aromatic carbocycles. The number of carbonyl (C=O) groups excluding carboxylic acids is 2. The van der Waals surface area contributed by atoms with Gasteiger partial charge in [-0.05, 0) is 56.2 Å². The van der Waals surface area contributed by atoms with Crippen LogP contribution in [0.2, 0.25) is 0 Å². The predicted molar refractivity (Wildman–Crippen MR) is 160 cm³/mol. The van der Waals surface area contributed by atoms with Crippen LogP contribution in [0.3, 0.4) is 0 Å². The highest BCUT2D eigenvalue weighted by atomic mass is 19.4. The molecule has 3 aliphatic rings. The highest BCUT2D eigenvalue weighted by Crippen LogP contribution is 2.51. The second-order valence-electron chi connectivity index (χ2n) is 12.6. The fourth-order valence-corrected chi connectivity index (χ4v) is 5.79. The number of hydrogen-bond donors (Lipinski definition) is 3. The van der Waals surface area contributed by atoms with Gasteiger partial charge in [0.05, 0.1) is 25.4 Å². The Balaban J connectivity index is 1.29. The van der Waals surface area contributed by atoms with E-state index in [9.17, 15) is 45.4 Å². The van der Waals surface area contributed by atoms with E-state index < -0.39 is 77.3 Å². The fraction of sp³-hybridized carbons (Fsp3) is 0.375. The van der Waals surface area contributed by atoms with Gasteiger partial charge in [0.1, 0.15) is 34.7 Å². The number of ether oxygens (including phenoxy) is 4. The zero-order chi connectivity index (χ0) is 36.9. The van der Waals surface area contributed by atoms with E-state index in [4.69, 9.17) is 15.2 Å². The highest BCUT2D eigenvalue weighted by Gasteiger charge is 2.66. The lowest BCUT2D eigenvalue weighted by Gasteiger charge is -2.32. The average Bonchev–Trinajstić information content (AvgIpc) is 3.73. The molecular weight excluding hydrogens is 699 g/mol. The number of carbonyl (C=O) groups is 2. The fourth-order valence-electron chi connectivity index (χ4n) is 5.79. The average molecular weight is 726 g/mol. The highest BCUT2D eigenvalue weighted by molar-refractivity contribution is 6.00. The molecule has 2 aliphatic heterocycles. The van der Waals surface area contributed by atoms with Gasteiger partial charge in [0.15, 0.2) is 11.5 Å². The van der Waals surface area contributed by atoms with Gasteiger partial charge in [0.2, 0.25) is 11.5 Å². The molecule has 0 bridgehead atoms. The smallest absolute Gasteiger partial charge is 0.494 e. The summed E-state index contributed by atoms with van der Waals surface area (Å²) in [7, 11) is 1.33. The molecule has 0 radical (unpaired) electrons. The Labute approximate surface area is 282 Å². The van der Waals surface area contributed by atoms with Gasteiger partial charge in [-0.15, -0.1) is 0 Å². The third kappa shape index (κ3) is 5.40. The Kier molecular flexibility index (Phi) is 7.42. The van der Waals surface area contributed by atoms with E-state index in [0.29, 0.717) is 10.9 Å². The van der Waals surface area contributed by atoms with Gasteiger partial charge in [-0.25, -0.2) is 4.98 Å². The third-order valence-corrected chi connectivity index (χ3v) is 9.04. The summed E-state index contributed by atoms with van der Waals surface area (Å²) in [6.45, 7) is -0.739. The first-order valence-electron chi connectivity index (χ1n) is 15.2. The number of benzene rings is 2. The van der Waals surface area contributed by atoms with Crippen molar-refractivity contribution >= 4 is 22.7 Å². The summed E-state index contributed by atoms with van der Waals surface area (Å²) in [5.41, 5.74) is -2.08. The lowest BCUT2D eigenvalue weighted by Crippen LogP contribution is -2.52. The SMILES string of the molecule is COc1cc(C(=O)NC[C@](O)(c2cc3c(c(-c4ccc5c(c4)OC(F)(F)C(F)(F)O5)n2)OC[C@]3(C)C(N)=O)C(F)(F)F)cc2cn(C3CC3)nc12. The molecule has 4 N–H and O–H groups in total. The summed E-state index contributed by atoms with van der Waals surface area (Å²) in [5, 5.41) is 18.4. The molecule has 0 spiro atoms. The van der Waals surface area contributed by atoms with Crippen molar-refractivity contribution in [3.63, 3.8) is 0 Å². The monoisotopic (exact) mass is 725 g/mol. The number of hydrogen-bond acceptors (Lipinski definition) is 9. The predicted octanol–water partition coefficient (Wildman–Crippen LogP) is 4.71. The van der Waals surface area contributed by atoms with Crippen molar-refractivity contribution in [3.8, 4) is 34.3 Å². The summed E-state index contributed by atoms with van der Waals surface area (Å²) in [6.07, 6.45) is -12.2. The molecule has 12 nitrogen and oxygen atoms in total. The number of rotatable bonds is 8. The Hall–Kier alpha value is -5.33. The van der Waals surface area contributed by atoms with E-state index in [2.05, 4.69) is 24.9 Å². The van der Waals surface area contributed by atoms with Crippen molar-refractivity contribution in [1.82, 2.24) is 20.1 Å². The zero-order valence-corrected chi connectivity index (χ0v) is 26.4.